The van der Waals surface area contributed by atoms with Gasteiger partial charge in [0.2, 0.25) is 5.91 Å². The van der Waals surface area contributed by atoms with E-state index in [0.29, 0.717) is 34.2 Å². The number of nitrogens with zero attached hydrogens (tertiary/aromatic N) is 2. The van der Waals surface area contributed by atoms with E-state index < -0.39 is 0 Å². The van der Waals surface area contributed by atoms with E-state index in [-0.39, 0.29) is 17.2 Å². The molecule has 0 saturated heterocycles. The van der Waals surface area contributed by atoms with Gasteiger partial charge in [-0.3, -0.25) is 14.2 Å². The second-order valence-corrected chi connectivity index (χ2v) is 6.53. The van der Waals surface area contributed by atoms with Crippen LogP contribution in [0.4, 0.5) is 0 Å². The fraction of sp³-hybridized carbons (Fsp3) is 0.438. The molecule has 5 nitrogen and oxygen atoms in total. The quantitative estimate of drug-likeness (QED) is 0.613. The van der Waals surface area contributed by atoms with Crippen molar-refractivity contribution < 1.29 is 4.79 Å². The second-order valence-electron chi connectivity index (χ2n) is 5.15. The molecule has 1 N–H and O–H groups in total. The Morgan fingerprint density at radius 1 is 1.35 bits per heavy atom. The molecular formula is C16H20ClN3O2S. The number of hydrogen-bond acceptors (Lipinski definition) is 4. The summed E-state index contributed by atoms with van der Waals surface area (Å²) >= 11 is 7.27. The van der Waals surface area contributed by atoms with Gasteiger partial charge in [-0.1, -0.05) is 37.2 Å². The van der Waals surface area contributed by atoms with Crippen LogP contribution in [0.5, 0.6) is 0 Å². The van der Waals surface area contributed by atoms with Crippen LogP contribution in [0.3, 0.4) is 0 Å². The Kier molecular flexibility index (Phi) is 6.47. The van der Waals surface area contributed by atoms with Gasteiger partial charge in [0.05, 0.1) is 16.7 Å². The van der Waals surface area contributed by atoms with Crippen LogP contribution in [0.25, 0.3) is 10.9 Å². The topological polar surface area (TPSA) is 64.0 Å². The van der Waals surface area contributed by atoms with E-state index in [1.165, 1.54) is 11.8 Å². The van der Waals surface area contributed by atoms with E-state index in [2.05, 4.69) is 10.3 Å². The highest BCUT2D eigenvalue weighted by Gasteiger charge is 2.13. The summed E-state index contributed by atoms with van der Waals surface area (Å²) in [5, 5.41) is 4.45. The summed E-state index contributed by atoms with van der Waals surface area (Å²) in [5.74, 6) is 0.183. The van der Waals surface area contributed by atoms with Gasteiger partial charge in [-0.2, -0.15) is 0 Å². The van der Waals surface area contributed by atoms with Gasteiger partial charge >= 0.3 is 0 Å². The standard InChI is InChI=1S/C16H20ClN3O2S/c1-3-7-18-14(21)10-23-16-19-13-9-11(17)5-6-12(13)15(22)20(16)8-4-2/h5-6,9H,3-4,7-8,10H2,1-2H3,(H,18,21). The molecule has 0 radical (unpaired) electrons. The molecule has 1 amide bonds. The van der Waals surface area contributed by atoms with Crippen LogP contribution in [0, 0.1) is 0 Å². The average Bonchev–Trinajstić information content (AvgIpc) is 2.53. The number of hydrogen-bond donors (Lipinski definition) is 1. The van der Waals surface area contributed by atoms with Crippen molar-refractivity contribution in [2.45, 2.75) is 38.4 Å². The lowest BCUT2D eigenvalue weighted by Gasteiger charge is -2.12. The molecule has 2 aromatic rings. The predicted octanol–water partition coefficient (Wildman–Crippen LogP) is 3.08. The Hall–Kier alpha value is -1.53. The van der Waals surface area contributed by atoms with Crippen molar-refractivity contribution in [1.82, 2.24) is 14.9 Å². The molecule has 1 aromatic heterocycles. The molecule has 1 heterocycles. The third kappa shape index (κ3) is 4.48. The molecule has 1 aromatic carbocycles. The van der Waals surface area contributed by atoms with E-state index in [0.717, 1.165) is 12.8 Å². The fourth-order valence-corrected chi connectivity index (χ4v) is 3.17. The number of thioether (sulfide) groups is 1. The molecule has 0 aliphatic carbocycles. The Labute approximate surface area is 144 Å². The minimum Gasteiger partial charge on any atom is -0.355 e. The van der Waals surface area contributed by atoms with Crippen LogP contribution >= 0.6 is 23.4 Å². The monoisotopic (exact) mass is 353 g/mol. The van der Waals surface area contributed by atoms with Crippen LogP contribution in [0.1, 0.15) is 26.7 Å². The van der Waals surface area contributed by atoms with E-state index in [1.54, 1.807) is 22.8 Å². The molecule has 0 bridgehead atoms. The molecule has 0 aliphatic heterocycles. The SMILES string of the molecule is CCCNC(=O)CSc1nc2cc(Cl)ccc2c(=O)n1CCC. The lowest BCUT2D eigenvalue weighted by Crippen LogP contribution is -2.27. The lowest BCUT2D eigenvalue weighted by molar-refractivity contribution is -0.118. The number of carbonyl (C=O) groups excluding carboxylic acids is 1. The van der Waals surface area contributed by atoms with Gasteiger partial charge in [0, 0.05) is 18.1 Å². The third-order valence-electron chi connectivity index (χ3n) is 3.23. The van der Waals surface area contributed by atoms with Gasteiger partial charge in [-0.25, -0.2) is 4.98 Å². The number of fused-ring (bicyclic) bond motifs is 1. The Morgan fingerprint density at radius 3 is 2.83 bits per heavy atom. The van der Waals surface area contributed by atoms with Crippen LogP contribution in [-0.4, -0.2) is 27.8 Å². The molecule has 23 heavy (non-hydrogen) atoms. The largest absolute Gasteiger partial charge is 0.355 e. The average molecular weight is 354 g/mol. The first kappa shape index (κ1) is 17.8. The van der Waals surface area contributed by atoms with Gasteiger partial charge < -0.3 is 5.32 Å². The van der Waals surface area contributed by atoms with Crippen molar-refractivity contribution in [2.75, 3.05) is 12.3 Å². The van der Waals surface area contributed by atoms with Crippen molar-refractivity contribution in [3.8, 4) is 0 Å². The zero-order valence-corrected chi connectivity index (χ0v) is 14.8. The van der Waals surface area contributed by atoms with Crippen molar-refractivity contribution >= 4 is 40.2 Å². The molecule has 0 aliphatic rings. The Bertz CT molecular complexity index is 761. The zero-order chi connectivity index (χ0) is 16.8. The molecule has 2 rings (SSSR count). The number of benzene rings is 1. The summed E-state index contributed by atoms with van der Waals surface area (Å²) < 4.78 is 1.63. The molecule has 0 spiro atoms. The molecule has 0 unspecified atom stereocenters. The van der Waals surface area contributed by atoms with Gasteiger partial charge in [0.25, 0.3) is 5.56 Å². The summed E-state index contributed by atoms with van der Waals surface area (Å²) in [6.45, 7) is 5.23. The van der Waals surface area contributed by atoms with E-state index in [9.17, 15) is 9.59 Å². The number of amides is 1. The van der Waals surface area contributed by atoms with E-state index >= 15 is 0 Å². The van der Waals surface area contributed by atoms with Crippen molar-refractivity contribution in [2.24, 2.45) is 0 Å². The molecule has 7 heteroatoms. The van der Waals surface area contributed by atoms with Gasteiger partial charge in [-0.05, 0) is 31.0 Å². The normalized spacial score (nSPS) is 10.9. The maximum absolute atomic E-state index is 12.6. The predicted molar refractivity (Wildman–Crippen MR) is 95.3 cm³/mol. The van der Waals surface area contributed by atoms with Crippen LogP contribution in [0.2, 0.25) is 5.02 Å². The maximum Gasteiger partial charge on any atom is 0.262 e. The number of carbonyl (C=O) groups is 1. The Morgan fingerprint density at radius 2 is 2.13 bits per heavy atom. The number of rotatable bonds is 7. The van der Waals surface area contributed by atoms with Crippen molar-refractivity contribution in [1.29, 1.82) is 0 Å². The first-order valence-electron chi connectivity index (χ1n) is 7.66. The van der Waals surface area contributed by atoms with E-state index in [4.69, 9.17) is 11.6 Å². The third-order valence-corrected chi connectivity index (χ3v) is 4.45. The van der Waals surface area contributed by atoms with Crippen molar-refractivity contribution in [3.05, 3.63) is 33.6 Å². The number of nitrogens with one attached hydrogen (secondary N) is 1. The summed E-state index contributed by atoms with van der Waals surface area (Å²) in [5.41, 5.74) is 0.469. The van der Waals surface area contributed by atoms with Gasteiger partial charge in [0.15, 0.2) is 5.16 Å². The summed E-state index contributed by atoms with van der Waals surface area (Å²) in [7, 11) is 0. The first-order chi connectivity index (χ1) is 11.1. The highest BCUT2D eigenvalue weighted by Crippen LogP contribution is 2.20. The number of halogens is 1. The smallest absolute Gasteiger partial charge is 0.262 e. The van der Waals surface area contributed by atoms with Crippen LogP contribution in [-0.2, 0) is 11.3 Å². The summed E-state index contributed by atoms with van der Waals surface area (Å²) in [4.78, 5) is 28.9. The van der Waals surface area contributed by atoms with Crippen LogP contribution in [0.15, 0.2) is 28.2 Å². The summed E-state index contributed by atoms with van der Waals surface area (Å²) in [6.07, 6.45) is 1.71. The molecule has 0 fully saturated rings. The highest BCUT2D eigenvalue weighted by atomic mass is 35.5. The lowest BCUT2D eigenvalue weighted by atomic mass is 10.2. The van der Waals surface area contributed by atoms with Crippen LogP contribution < -0.4 is 10.9 Å². The molecule has 0 atom stereocenters. The molecule has 0 saturated carbocycles. The van der Waals surface area contributed by atoms with E-state index in [1.807, 2.05) is 13.8 Å². The minimum absolute atomic E-state index is 0.0552. The van der Waals surface area contributed by atoms with Crippen molar-refractivity contribution in [3.63, 3.8) is 0 Å². The van der Waals surface area contributed by atoms with Gasteiger partial charge in [0.1, 0.15) is 0 Å². The fourth-order valence-electron chi connectivity index (χ4n) is 2.15. The second kappa shape index (κ2) is 8.36. The minimum atomic E-state index is -0.0926. The van der Waals surface area contributed by atoms with Gasteiger partial charge in [-0.15, -0.1) is 0 Å². The zero-order valence-electron chi connectivity index (χ0n) is 13.3. The highest BCUT2D eigenvalue weighted by molar-refractivity contribution is 7.99. The Balaban J connectivity index is 2.34. The molecular weight excluding hydrogens is 334 g/mol. The first-order valence-corrected chi connectivity index (χ1v) is 9.02. The molecule has 124 valence electrons. The maximum atomic E-state index is 12.6. The summed E-state index contributed by atoms with van der Waals surface area (Å²) in [6, 6.07) is 5.06. The number of aromatic nitrogens is 2.